The van der Waals surface area contributed by atoms with E-state index in [-0.39, 0.29) is 40.6 Å². The van der Waals surface area contributed by atoms with Gasteiger partial charge < -0.3 is 7.96 Å². The Balaban J connectivity index is -0.0000000208. The van der Waals surface area contributed by atoms with Crippen LogP contribution in [0.1, 0.15) is 9.78 Å². The Hall–Kier alpha value is 0.405. The minimum atomic E-state index is -0.891. The summed E-state index contributed by atoms with van der Waals surface area (Å²) in [6, 6.07) is 0. The van der Waals surface area contributed by atoms with Gasteiger partial charge in [0.2, 0.25) is 0 Å². The first kappa shape index (κ1) is 15.8. The smallest absolute Gasteiger partial charge is 1.00 e. The molecule has 0 aliphatic rings. The van der Waals surface area contributed by atoms with Crippen LogP contribution in [0.25, 0.3) is 0 Å². The molecule has 0 aromatic carbocycles. The number of aliphatic carboxylic acids is 1. The molecule has 0 spiro atoms. The predicted molar refractivity (Wildman–Crippen MR) is 24.7 cm³/mol. The first-order valence-electron chi connectivity index (χ1n) is 1.63. The number of rotatable bonds is 1. The van der Waals surface area contributed by atoms with E-state index < -0.39 is 5.97 Å². The number of carbonyl (C=O) groups is 1. The molecule has 0 aliphatic heterocycles. The normalized spacial score (nSPS) is 7.12. The minimum Gasteiger partial charge on any atom is -1.00 e. The van der Waals surface area contributed by atoms with Crippen LogP contribution in [0.3, 0.4) is 0 Å². The van der Waals surface area contributed by atoms with Crippen LogP contribution in [-0.4, -0.2) is 11.1 Å². The van der Waals surface area contributed by atoms with Gasteiger partial charge in [0.1, 0.15) is 0 Å². The molecule has 0 fully saturated rings. The maximum absolute atomic E-state index is 9.51. The molecule has 0 aromatic heterocycles. The van der Waals surface area contributed by atoms with E-state index >= 15 is 0 Å². The third-order valence-electron chi connectivity index (χ3n) is 0.309. The van der Waals surface area contributed by atoms with Crippen molar-refractivity contribution < 1.29 is 50.5 Å². The molecule has 8 heavy (non-hydrogen) atoms. The summed E-state index contributed by atoms with van der Waals surface area (Å²) in [5.41, 5.74) is 0. The first-order valence-corrected chi connectivity index (χ1v) is 1.63. The first-order chi connectivity index (χ1) is 2.77. The number of allylic oxidation sites excluding steroid dienone is 1. The molecule has 0 saturated carbocycles. The quantitative estimate of drug-likeness (QED) is 0.265. The van der Waals surface area contributed by atoms with E-state index in [1.807, 2.05) is 0 Å². The van der Waals surface area contributed by atoms with Crippen molar-refractivity contribution in [2.45, 2.75) is 6.92 Å². The van der Waals surface area contributed by atoms with Gasteiger partial charge >= 0.3 is 43.7 Å². The molecule has 1 N–H and O–H groups in total. The van der Waals surface area contributed by atoms with Gasteiger partial charge in [-0.2, -0.15) is 0 Å². The monoisotopic (exact) mass is 102 g/mol. The molecule has 2 nitrogen and oxygen atoms in total. The third kappa shape index (κ3) is 16.1. The number of carboxylic acids is 1. The van der Waals surface area contributed by atoms with Crippen LogP contribution in [0.2, 0.25) is 0 Å². The zero-order valence-electron chi connectivity index (χ0n) is 7.51. The van der Waals surface area contributed by atoms with Gasteiger partial charge in [-0.05, 0) is 6.92 Å². The van der Waals surface area contributed by atoms with Crippen molar-refractivity contribution in [3.05, 3.63) is 12.2 Å². The van der Waals surface area contributed by atoms with Gasteiger partial charge in [0.05, 0.1) is 0 Å². The molecule has 38 valence electrons. The predicted octanol–water partition coefficient (Wildman–Crippen LogP) is -5.12. The van der Waals surface area contributed by atoms with E-state index in [2.05, 4.69) is 0 Å². The molecule has 0 heterocycles. The van der Waals surface area contributed by atoms with Gasteiger partial charge in [-0.3, -0.25) is 0 Å². The molecular weight excluding hydrogens is 93.9 g/mol. The Morgan fingerprint density at radius 3 is 2.00 bits per heavy atom. The summed E-state index contributed by atoms with van der Waals surface area (Å²) in [4.78, 5) is 9.51. The molecular formula is C4H8Li2O2. The largest absolute Gasteiger partial charge is 1.00 e. The molecule has 0 aliphatic carbocycles. The SMILES string of the molecule is C/C=C/C(=O)O.[H-].[H-].[Li+].[Li+]. The van der Waals surface area contributed by atoms with Crippen molar-refractivity contribution in [3.8, 4) is 0 Å². The van der Waals surface area contributed by atoms with Crippen LogP contribution >= 0.6 is 0 Å². The fourth-order valence-electron chi connectivity index (χ4n) is 0.143. The number of carboxylic acid groups (broad SMARTS) is 1. The molecule has 0 radical (unpaired) electrons. The molecule has 0 amide bonds. The third-order valence-corrected chi connectivity index (χ3v) is 0.309. The standard InChI is InChI=1S/C4H6O2.2Li.2H/c1-2-3-4(5)6;;;;/h2-3H,1H3,(H,5,6);;;;/q;2*+1;2*-1/b3-2+;;;;. The zero-order valence-corrected chi connectivity index (χ0v) is 5.51. The van der Waals surface area contributed by atoms with E-state index in [0.29, 0.717) is 0 Å². The van der Waals surface area contributed by atoms with E-state index in [1.165, 1.54) is 6.08 Å². The van der Waals surface area contributed by atoms with E-state index in [1.54, 1.807) is 6.92 Å². The molecule has 0 bridgehead atoms. The summed E-state index contributed by atoms with van der Waals surface area (Å²) in [6.45, 7) is 1.66. The second kappa shape index (κ2) is 10.4. The van der Waals surface area contributed by atoms with Gasteiger partial charge in [-0.1, -0.05) is 6.08 Å². The van der Waals surface area contributed by atoms with Crippen molar-refractivity contribution in [3.63, 3.8) is 0 Å². The molecule has 0 unspecified atom stereocenters. The second-order valence-corrected chi connectivity index (χ2v) is 0.838. The van der Waals surface area contributed by atoms with Crippen LogP contribution in [0.5, 0.6) is 0 Å². The number of hydrogen-bond acceptors (Lipinski definition) is 1. The Kier molecular flexibility index (Phi) is 20.5. The van der Waals surface area contributed by atoms with Gasteiger partial charge in [0.15, 0.2) is 0 Å². The van der Waals surface area contributed by atoms with Crippen molar-refractivity contribution >= 4 is 5.97 Å². The van der Waals surface area contributed by atoms with E-state index in [9.17, 15) is 4.79 Å². The van der Waals surface area contributed by atoms with Gasteiger partial charge in [-0.15, -0.1) is 0 Å². The number of hydrogen-bond donors (Lipinski definition) is 1. The van der Waals surface area contributed by atoms with Gasteiger partial charge in [0, 0.05) is 6.08 Å². The minimum absolute atomic E-state index is 0. The van der Waals surface area contributed by atoms with Crippen molar-refractivity contribution in [2.24, 2.45) is 0 Å². The van der Waals surface area contributed by atoms with Crippen molar-refractivity contribution in [1.82, 2.24) is 0 Å². The van der Waals surface area contributed by atoms with Crippen LogP contribution in [0.15, 0.2) is 12.2 Å². The molecule has 0 saturated heterocycles. The zero-order chi connectivity index (χ0) is 4.99. The van der Waals surface area contributed by atoms with Crippen LogP contribution in [0, 0.1) is 0 Å². The van der Waals surface area contributed by atoms with Gasteiger partial charge in [-0.25, -0.2) is 4.79 Å². The Bertz CT molecular complexity index is 87.3. The Morgan fingerprint density at radius 2 is 2.00 bits per heavy atom. The topological polar surface area (TPSA) is 37.3 Å². The van der Waals surface area contributed by atoms with Crippen molar-refractivity contribution in [2.75, 3.05) is 0 Å². The van der Waals surface area contributed by atoms with Crippen LogP contribution in [-0.2, 0) is 4.79 Å². The summed E-state index contributed by atoms with van der Waals surface area (Å²) in [5.74, 6) is -0.891. The summed E-state index contributed by atoms with van der Waals surface area (Å²) in [5, 5.41) is 7.83. The van der Waals surface area contributed by atoms with E-state index in [0.717, 1.165) is 6.08 Å². The average molecular weight is 102 g/mol. The average Bonchev–Trinajstić information content (AvgIpc) is 1.35. The fraction of sp³-hybridized carbons (Fsp3) is 0.250. The maximum Gasteiger partial charge on any atom is 1.00 e. The Morgan fingerprint density at radius 1 is 1.62 bits per heavy atom. The summed E-state index contributed by atoms with van der Waals surface area (Å²) in [6.07, 6.45) is 2.56. The second-order valence-electron chi connectivity index (χ2n) is 0.838. The molecule has 0 aromatic rings. The summed E-state index contributed by atoms with van der Waals surface area (Å²) < 4.78 is 0. The van der Waals surface area contributed by atoms with Crippen LogP contribution in [0.4, 0.5) is 0 Å². The molecule has 4 heteroatoms. The maximum atomic E-state index is 9.51. The van der Waals surface area contributed by atoms with Crippen LogP contribution < -0.4 is 37.7 Å². The van der Waals surface area contributed by atoms with Crippen molar-refractivity contribution in [1.29, 1.82) is 0 Å². The summed E-state index contributed by atoms with van der Waals surface area (Å²) >= 11 is 0. The van der Waals surface area contributed by atoms with E-state index in [4.69, 9.17) is 5.11 Å². The fourth-order valence-corrected chi connectivity index (χ4v) is 0.143. The molecule has 0 atom stereocenters. The molecule has 0 rings (SSSR count). The summed E-state index contributed by atoms with van der Waals surface area (Å²) in [7, 11) is 0. The van der Waals surface area contributed by atoms with Gasteiger partial charge in [0.25, 0.3) is 0 Å². The Labute approximate surface area is 75.7 Å².